The van der Waals surface area contributed by atoms with Crippen molar-refractivity contribution in [3.8, 4) is 11.5 Å². The van der Waals surface area contributed by atoms with E-state index in [-0.39, 0.29) is 61.9 Å². The molecule has 6 aliphatic rings. The molecule has 62 heavy (non-hydrogen) atoms. The lowest BCUT2D eigenvalue weighted by atomic mass is 9.52. The van der Waals surface area contributed by atoms with E-state index in [1.165, 1.54) is 22.3 Å². The Morgan fingerprint density at radius 2 is 0.984 bits per heavy atom. The molecule has 4 aromatic rings. The van der Waals surface area contributed by atoms with E-state index >= 15 is 0 Å². The fourth-order valence-corrected chi connectivity index (χ4v) is 12.5. The minimum atomic E-state index is -0.874. The summed E-state index contributed by atoms with van der Waals surface area (Å²) in [6.07, 6.45) is 10.9. The zero-order chi connectivity index (χ0) is 42.1. The largest absolute Gasteiger partial charge is 0.514 e. The minimum absolute atomic E-state index is 0.0207. The predicted octanol–water partition coefficient (Wildman–Crippen LogP) is 10.0. The number of rotatable bonds is 10. The smallest absolute Gasteiger partial charge is 0.457 e. The van der Waals surface area contributed by atoms with Crippen LogP contribution in [0.2, 0.25) is 0 Å². The Morgan fingerprint density at radius 3 is 1.44 bits per heavy atom. The number of fused-ring (bicyclic) bond motifs is 2. The second kappa shape index (κ2) is 17.2. The summed E-state index contributed by atoms with van der Waals surface area (Å²) in [6, 6.07) is 32.2. The van der Waals surface area contributed by atoms with Gasteiger partial charge >= 0.3 is 18.3 Å². The first kappa shape index (κ1) is 40.4. The van der Waals surface area contributed by atoms with Crippen LogP contribution in [-0.2, 0) is 55.8 Å². The Kier molecular flexibility index (Phi) is 11.2. The molecule has 11 heteroatoms. The zero-order valence-electron chi connectivity index (χ0n) is 35.3. The van der Waals surface area contributed by atoms with Gasteiger partial charge in [0.1, 0.15) is 24.7 Å². The number of nitrogens with zero attached hydrogens (tertiary/aromatic N) is 2. The molecular formula is C51H56N2O9. The number of carbonyl (C=O) groups excluding carboxylic acids is 3. The maximum atomic E-state index is 13.4. The first-order chi connectivity index (χ1) is 30.4. The summed E-state index contributed by atoms with van der Waals surface area (Å²) < 4.78 is 34.3. The van der Waals surface area contributed by atoms with Crippen LogP contribution in [0.4, 0.5) is 14.4 Å². The molecule has 10 rings (SSSR count). The Balaban J connectivity index is 0.728. The lowest BCUT2D eigenvalue weighted by Gasteiger charge is -2.58. The quantitative estimate of drug-likeness (QED) is 0.0875. The second-order valence-electron chi connectivity index (χ2n) is 18.2. The number of carbonyl (C=O) groups is 3. The van der Waals surface area contributed by atoms with Crippen LogP contribution in [0, 0.1) is 11.8 Å². The van der Waals surface area contributed by atoms with Crippen LogP contribution in [0.3, 0.4) is 0 Å². The third-order valence-electron chi connectivity index (χ3n) is 15.3. The Bertz CT molecular complexity index is 2110. The summed E-state index contributed by atoms with van der Waals surface area (Å²) in [5, 5.41) is 0. The number of benzene rings is 4. The molecule has 2 aliphatic heterocycles. The highest BCUT2D eigenvalue weighted by Crippen LogP contribution is 2.58. The summed E-state index contributed by atoms with van der Waals surface area (Å²) in [6.45, 7) is 1.28. The first-order valence-electron chi connectivity index (χ1n) is 22.7. The van der Waals surface area contributed by atoms with E-state index in [9.17, 15) is 14.4 Å². The zero-order valence-corrected chi connectivity index (χ0v) is 35.3. The van der Waals surface area contributed by atoms with Gasteiger partial charge in [0.05, 0.1) is 0 Å². The minimum Gasteiger partial charge on any atom is -0.457 e. The molecule has 2 saturated carbocycles. The number of hydrogen-bond acceptors (Lipinski definition) is 9. The summed E-state index contributed by atoms with van der Waals surface area (Å²) in [7, 11) is 0. The van der Waals surface area contributed by atoms with E-state index in [1.54, 1.807) is 0 Å². The van der Waals surface area contributed by atoms with E-state index in [4.69, 9.17) is 28.4 Å². The second-order valence-corrected chi connectivity index (χ2v) is 18.2. The van der Waals surface area contributed by atoms with Crippen LogP contribution in [-0.4, -0.2) is 66.9 Å². The molecule has 4 aromatic carbocycles. The van der Waals surface area contributed by atoms with Crippen molar-refractivity contribution in [2.75, 3.05) is 26.7 Å². The molecule has 2 amide bonds. The molecule has 4 bridgehead atoms. The van der Waals surface area contributed by atoms with Gasteiger partial charge in [-0.2, -0.15) is 0 Å². The van der Waals surface area contributed by atoms with Crippen molar-refractivity contribution >= 4 is 18.3 Å². The Labute approximate surface area is 363 Å². The lowest BCUT2D eigenvalue weighted by molar-refractivity contribution is -0.0270. The number of likely N-dealkylation sites (tertiary alicyclic amines) is 2. The number of piperidine rings is 2. The third-order valence-corrected chi connectivity index (χ3v) is 15.3. The molecule has 0 unspecified atom stereocenters. The molecule has 0 spiro atoms. The van der Waals surface area contributed by atoms with E-state index in [2.05, 4.69) is 24.3 Å². The van der Waals surface area contributed by atoms with Crippen LogP contribution in [0.25, 0.3) is 0 Å². The topological polar surface area (TPSA) is 113 Å². The van der Waals surface area contributed by atoms with Gasteiger partial charge in [-0.3, -0.25) is 0 Å². The molecule has 2 saturated heterocycles. The maximum absolute atomic E-state index is 13.4. The van der Waals surface area contributed by atoms with Crippen molar-refractivity contribution in [2.45, 2.75) is 113 Å². The fourth-order valence-electron chi connectivity index (χ4n) is 12.5. The third kappa shape index (κ3) is 7.61. The summed E-state index contributed by atoms with van der Waals surface area (Å²) in [4.78, 5) is 43.5. The summed E-state index contributed by atoms with van der Waals surface area (Å²) in [5.74, 6) is 1.99. The summed E-state index contributed by atoms with van der Waals surface area (Å²) in [5.41, 5.74) is 7.01. The highest BCUT2D eigenvalue weighted by atomic mass is 16.8. The molecule has 4 fully saturated rings. The van der Waals surface area contributed by atoms with Crippen molar-refractivity contribution in [1.82, 2.24) is 9.80 Å². The molecule has 6 atom stereocenters. The molecule has 324 valence electrons. The van der Waals surface area contributed by atoms with Crippen molar-refractivity contribution in [2.24, 2.45) is 11.8 Å². The van der Waals surface area contributed by atoms with Crippen LogP contribution >= 0.6 is 0 Å². The number of hydrogen-bond donors (Lipinski definition) is 0. The lowest BCUT2D eigenvalue weighted by Crippen LogP contribution is -2.62. The molecule has 0 N–H and O–H groups in total. The van der Waals surface area contributed by atoms with Crippen LogP contribution in [0.15, 0.2) is 97.1 Å². The Hall–Kier alpha value is -5.71. The SMILES string of the molecule is O=C(OCOc1ccc2c(c1)[C@@]13CCCC[C@H]1[C@@H](C2)N(C(=O)OCc1ccccc1)CC3)OCOc1ccc2c(c1)[C@@]13CCCC[C@H]1[C@@H](C2)N(C(=O)OCc1ccccc1)CC3. The van der Waals surface area contributed by atoms with Crippen LogP contribution in [0.5, 0.6) is 11.5 Å². The van der Waals surface area contributed by atoms with Crippen molar-refractivity contribution in [3.63, 3.8) is 0 Å². The van der Waals surface area contributed by atoms with Gasteiger partial charge in [0.25, 0.3) is 0 Å². The van der Waals surface area contributed by atoms with Crippen LogP contribution < -0.4 is 9.47 Å². The average Bonchev–Trinajstić information content (AvgIpc) is 3.31. The van der Waals surface area contributed by atoms with Gasteiger partial charge in [0.15, 0.2) is 0 Å². The van der Waals surface area contributed by atoms with Crippen molar-refractivity contribution in [1.29, 1.82) is 0 Å². The number of amides is 2. The normalized spacial score (nSPS) is 26.6. The van der Waals surface area contributed by atoms with Gasteiger partial charge in [-0.05, 0) is 121 Å². The van der Waals surface area contributed by atoms with Gasteiger partial charge in [-0.25, -0.2) is 14.4 Å². The van der Waals surface area contributed by atoms with Crippen molar-refractivity contribution in [3.05, 3.63) is 130 Å². The van der Waals surface area contributed by atoms with E-state index in [1.807, 2.05) is 82.6 Å². The van der Waals surface area contributed by atoms with E-state index < -0.39 is 6.16 Å². The van der Waals surface area contributed by atoms with Gasteiger partial charge in [-0.15, -0.1) is 0 Å². The fraction of sp³-hybridized carbons (Fsp3) is 0.471. The highest BCUT2D eigenvalue weighted by molar-refractivity contribution is 5.70. The molecule has 0 aromatic heterocycles. The molecule has 11 nitrogen and oxygen atoms in total. The molecule has 4 aliphatic carbocycles. The van der Waals surface area contributed by atoms with Crippen LogP contribution in [0.1, 0.15) is 97.6 Å². The molecule has 0 radical (unpaired) electrons. The monoisotopic (exact) mass is 840 g/mol. The maximum Gasteiger partial charge on any atom is 0.514 e. The van der Waals surface area contributed by atoms with Crippen molar-refractivity contribution < 1.29 is 42.8 Å². The number of ether oxygens (including phenoxy) is 6. The summed E-state index contributed by atoms with van der Waals surface area (Å²) >= 11 is 0. The Morgan fingerprint density at radius 1 is 0.532 bits per heavy atom. The molecular weight excluding hydrogens is 785 g/mol. The molecule has 2 heterocycles. The van der Waals surface area contributed by atoms with E-state index in [0.29, 0.717) is 36.4 Å². The van der Waals surface area contributed by atoms with Gasteiger partial charge < -0.3 is 38.2 Å². The van der Waals surface area contributed by atoms with Gasteiger partial charge in [0.2, 0.25) is 13.6 Å². The van der Waals surface area contributed by atoms with Gasteiger partial charge in [0, 0.05) is 36.0 Å². The van der Waals surface area contributed by atoms with Gasteiger partial charge in [-0.1, -0.05) is 98.5 Å². The van der Waals surface area contributed by atoms with E-state index in [0.717, 1.165) is 88.2 Å². The standard InChI is InChI=1S/C51H56N2O9/c54-47(57-31-35-11-3-1-4-12-35)52-25-23-50-21-9-7-15-41(50)45(52)27-37-17-19-39(29-43(37)50)59-33-61-49(56)62-34-60-40-20-18-38-28-46-42-16-8-10-22-51(42,44(38)30-40)24-26-53(46)48(55)58-32-36-13-5-2-6-14-36/h1-6,11-14,17-20,29-30,41-42,45-46H,7-10,15-16,21-28,31-34H2/t41-,42-,45+,46+,50+,51+/m0/s1. The predicted molar refractivity (Wildman–Crippen MR) is 230 cm³/mol. The highest BCUT2D eigenvalue weighted by Gasteiger charge is 2.56. The first-order valence-corrected chi connectivity index (χ1v) is 22.7. The average molecular weight is 841 g/mol.